The number of nitrogens with one attached hydrogen (secondary N) is 2. The molecule has 2 N–H and O–H groups in total. The molecule has 0 aliphatic heterocycles. The summed E-state index contributed by atoms with van der Waals surface area (Å²) < 4.78 is 0. The van der Waals surface area contributed by atoms with E-state index in [-0.39, 0.29) is 11.9 Å². The molecule has 0 aromatic heterocycles. The fraction of sp³-hybridized carbons (Fsp3) is 0.467. The summed E-state index contributed by atoms with van der Waals surface area (Å²) in [7, 11) is 1.83. The predicted molar refractivity (Wildman–Crippen MR) is 84.2 cm³/mol. The van der Waals surface area contributed by atoms with Gasteiger partial charge in [0.2, 0.25) is 5.91 Å². The number of urea groups is 1. The first-order valence-corrected chi connectivity index (χ1v) is 7.23. The van der Waals surface area contributed by atoms with Crippen LogP contribution < -0.4 is 10.6 Å². The third-order valence-electron chi connectivity index (χ3n) is 3.04. The Morgan fingerprint density at radius 2 is 1.76 bits per heavy atom. The highest BCUT2D eigenvalue weighted by Crippen LogP contribution is 2.12. The van der Waals surface area contributed by atoms with E-state index < -0.39 is 12.1 Å². The van der Waals surface area contributed by atoms with Crippen LogP contribution in [0.2, 0.25) is 5.02 Å². The number of rotatable bonds is 5. The third-order valence-corrected chi connectivity index (χ3v) is 3.29. The molecule has 0 heterocycles. The van der Waals surface area contributed by atoms with Crippen molar-refractivity contribution in [3.63, 3.8) is 0 Å². The summed E-state index contributed by atoms with van der Waals surface area (Å²) in [5.74, 6) is -0.329. The molecule has 0 saturated heterocycles. The lowest BCUT2D eigenvalue weighted by Gasteiger charge is -2.23. The van der Waals surface area contributed by atoms with E-state index in [1.54, 1.807) is 6.92 Å². The molecule has 1 atom stereocenters. The smallest absolute Gasteiger partial charge is 0.321 e. The van der Waals surface area contributed by atoms with Crippen LogP contribution in [0.15, 0.2) is 24.3 Å². The lowest BCUT2D eigenvalue weighted by Crippen LogP contribution is -2.49. The van der Waals surface area contributed by atoms with Gasteiger partial charge in [-0.25, -0.2) is 4.79 Å². The highest BCUT2D eigenvalue weighted by atomic mass is 35.5. The SMILES string of the molecule is CC(C)NC(=O)NC(=O)C(C)N(C)Cc1ccc(Cl)cc1. The van der Waals surface area contributed by atoms with Crippen LogP contribution in [0.25, 0.3) is 0 Å². The van der Waals surface area contributed by atoms with Crippen LogP contribution in [0, 0.1) is 0 Å². The van der Waals surface area contributed by atoms with Crippen molar-refractivity contribution in [2.45, 2.75) is 39.4 Å². The second-order valence-corrected chi connectivity index (χ2v) is 5.77. The topological polar surface area (TPSA) is 61.4 Å². The molecule has 1 unspecified atom stereocenters. The highest BCUT2D eigenvalue weighted by Gasteiger charge is 2.20. The number of nitrogens with zero attached hydrogens (tertiary/aromatic N) is 1. The molecule has 0 saturated carbocycles. The van der Waals surface area contributed by atoms with Gasteiger partial charge in [0, 0.05) is 17.6 Å². The molecule has 0 aliphatic rings. The van der Waals surface area contributed by atoms with E-state index in [4.69, 9.17) is 11.6 Å². The molecule has 116 valence electrons. The van der Waals surface area contributed by atoms with Gasteiger partial charge in [-0.3, -0.25) is 15.0 Å². The number of likely N-dealkylation sites (N-methyl/N-ethyl adjacent to an activating group) is 1. The van der Waals surface area contributed by atoms with Gasteiger partial charge in [0.05, 0.1) is 6.04 Å². The molecule has 1 rings (SSSR count). The Kier molecular flexibility index (Phi) is 6.65. The molecular formula is C15H22ClN3O2. The lowest BCUT2D eigenvalue weighted by atomic mass is 10.2. The third kappa shape index (κ3) is 6.14. The molecule has 3 amide bonds. The van der Waals surface area contributed by atoms with Gasteiger partial charge in [-0.1, -0.05) is 23.7 Å². The van der Waals surface area contributed by atoms with Gasteiger partial charge in [-0.15, -0.1) is 0 Å². The second-order valence-electron chi connectivity index (χ2n) is 5.33. The van der Waals surface area contributed by atoms with Crippen molar-refractivity contribution in [2.24, 2.45) is 0 Å². The monoisotopic (exact) mass is 311 g/mol. The Morgan fingerprint density at radius 3 is 2.29 bits per heavy atom. The van der Waals surface area contributed by atoms with Gasteiger partial charge in [-0.2, -0.15) is 0 Å². The molecular weight excluding hydrogens is 290 g/mol. The molecule has 0 fully saturated rings. The first kappa shape index (κ1) is 17.5. The number of carbonyl (C=O) groups is 2. The Balaban J connectivity index is 2.53. The lowest BCUT2D eigenvalue weighted by molar-refractivity contribution is -0.124. The van der Waals surface area contributed by atoms with Crippen LogP contribution in [0.1, 0.15) is 26.3 Å². The Bertz CT molecular complexity index is 488. The molecule has 0 radical (unpaired) electrons. The van der Waals surface area contributed by atoms with Crippen LogP contribution in [-0.4, -0.2) is 36.0 Å². The Hall–Kier alpha value is -1.59. The van der Waals surface area contributed by atoms with Crippen LogP contribution in [0.3, 0.4) is 0 Å². The second kappa shape index (κ2) is 8.00. The molecule has 1 aromatic rings. The number of hydrogen-bond acceptors (Lipinski definition) is 3. The van der Waals surface area contributed by atoms with Gasteiger partial charge < -0.3 is 5.32 Å². The first-order valence-electron chi connectivity index (χ1n) is 6.85. The largest absolute Gasteiger partial charge is 0.336 e. The van der Waals surface area contributed by atoms with Gasteiger partial charge in [0.1, 0.15) is 0 Å². The van der Waals surface area contributed by atoms with E-state index in [2.05, 4.69) is 10.6 Å². The van der Waals surface area contributed by atoms with Gasteiger partial charge in [0.25, 0.3) is 0 Å². The van der Waals surface area contributed by atoms with E-state index in [0.29, 0.717) is 11.6 Å². The van der Waals surface area contributed by atoms with E-state index in [0.717, 1.165) is 5.56 Å². The van der Waals surface area contributed by atoms with Crippen LogP contribution in [0.5, 0.6) is 0 Å². The van der Waals surface area contributed by atoms with E-state index >= 15 is 0 Å². The van der Waals surface area contributed by atoms with Crippen molar-refractivity contribution in [1.29, 1.82) is 0 Å². The van der Waals surface area contributed by atoms with Crippen molar-refractivity contribution in [3.05, 3.63) is 34.9 Å². The quantitative estimate of drug-likeness (QED) is 0.877. The minimum Gasteiger partial charge on any atom is -0.336 e. The van der Waals surface area contributed by atoms with E-state index in [1.807, 2.05) is 50.1 Å². The summed E-state index contributed by atoms with van der Waals surface area (Å²) in [6.07, 6.45) is 0. The summed E-state index contributed by atoms with van der Waals surface area (Å²) in [4.78, 5) is 25.4. The van der Waals surface area contributed by atoms with Gasteiger partial charge in [0.15, 0.2) is 0 Å². The zero-order valence-electron chi connectivity index (χ0n) is 12.8. The van der Waals surface area contributed by atoms with Crippen molar-refractivity contribution in [1.82, 2.24) is 15.5 Å². The summed E-state index contributed by atoms with van der Waals surface area (Å²) in [5, 5.41) is 5.63. The number of imide groups is 1. The first-order chi connectivity index (χ1) is 9.79. The Labute approximate surface area is 130 Å². The summed E-state index contributed by atoms with van der Waals surface area (Å²) in [6, 6.07) is 6.54. The maximum atomic E-state index is 12.0. The van der Waals surface area contributed by atoms with Crippen molar-refractivity contribution < 1.29 is 9.59 Å². The molecule has 21 heavy (non-hydrogen) atoms. The van der Waals surface area contributed by atoms with Crippen molar-refractivity contribution in [3.8, 4) is 0 Å². The van der Waals surface area contributed by atoms with Gasteiger partial charge in [-0.05, 0) is 45.5 Å². The summed E-state index contributed by atoms with van der Waals surface area (Å²) in [6.45, 7) is 6.02. The average Bonchev–Trinajstić information content (AvgIpc) is 2.39. The van der Waals surface area contributed by atoms with Crippen molar-refractivity contribution in [2.75, 3.05) is 7.05 Å². The van der Waals surface area contributed by atoms with Crippen LogP contribution in [-0.2, 0) is 11.3 Å². The summed E-state index contributed by atoms with van der Waals surface area (Å²) in [5.41, 5.74) is 1.05. The van der Waals surface area contributed by atoms with E-state index in [1.165, 1.54) is 0 Å². The average molecular weight is 312 g/mol. The zero-order valence-corrected chi connectivity index (χ0v) is 13.6. The number of amides is 3. The minimum atomic E-state index is -0.471. The minimum absolute atomic E-state index is 0.0140. The fourth-order valence-electron chi connectivity index (χ4n) is 1.73. The van der Waals surface area contributed by atoms with Crippen LogP contribution in [0.4, 0.5) is 4.79 Å². The Morgan fingerprint density at radius 1 is 1.19 bits per heavy atom. The molecule has 1 aromatic carbocycles. The zero-order chi connectivity index (χ0) is 16.0. The number of benzene rings is 1. The highest BCUT2D eigenvalue weighted by molar-refractivity contribution is 6.30. The molecule has 0 bridgehead atoms. The van der Waals surface area contributed by atoms with Crippen molar-refractivity contribution >= 4 is 23.5 Å². The van der Waals surface area contributed by atoms with Crippen LogP contribution >= 0.6 is 11.6 Å². The fourth-order valence-corrected chi connectivity index (χ4v) is 1.86. The maximum absolute atomic E-state index is 12.0. The number of hydrogen-bond donors (Lipinski definition) is 2. The molecule has 0 spiro atoms. The standard InChI is InChI=1S/C15H22ClN3O2/c1-10(2)17-15(21)18-14(20)11(3)19(4)9-12-5-7-13(16)8-6-12/h5-8,10-11H,9H2,1-4H3,(H2,17,18,20,21). The molecule has 0 aliphatic carbocycles. The normalized spacial score (nSPS) is 12.3. The predicted octanol–water partition coefficient (Wildman–Crippen LogP) is 2.39. The number of carbonyl (C=O) groups excluding carboxylic acids is 2. The summed E-state index contributed by atoms with van der Waals surface area (Å²) >= 11 is 5.84. The molecule has 5 nitrogen and oxygen atoms in total. The maximum Gasteiger partial charge on any atom is 0.321 e. The van der Waals surface area contributed by atoms with E-state index in [9.17, 15) is 9.59 Å². The number of halogens is 1. The van der Waals surface area contributed by atoms with Gasteiger partial charge >= 0.3 is 6.03 Å². The molecule has 6 heteroatoms.